The molecule has 0 radical (unpaired) electrons. The molecule has 2 N–H and O–H groups in total. The van der Waals surface area contributed by atoms with Gasteiger partial charge in [0.25, 0.3) is 0 Å². The summed E-state index contributed by atoms with van der Waals surface area (Å²) in [5.41, 5.74) is 0.584. The zero-order valence-electron chi connectivity index (χ0n) is 9.74. The molecule has 5 nitrogen and oxygen atoms in total. The van der Waals surface area contributed by atoms with E-state index in [0.29, 0.717) is 18.5 Å². The number of carbonyl (C=O) groups is 2. The maximum atomic E-state index is 12.0. The van der Waals surface area contributed by atoms with E-state index in [0.717, 1.165) is 0 Å². The SMILES string of the molecule is O=C(O)[C@H]1CC=CC[C@@H]1C(=O)Nc1cccnc1. The number of aromatic nitrogens is 1. The van der Waals surface area contributed by atoms with Crippen LogP contribution in [0.4, 0.5) is 5.69 Å². The first-order chi connectivity index (χ1) is 8.68. The number of carboxylic acid groups (broad SMARTS) is 1. The molecule has 0 fully saturated rings. The molecule has 18 heavy (non-hydrogen) atoms. The van der Waals surface area contributed by atoms with Crippen molar-refractivity contribution in [1.29, 1.82) is 0 Å². The molecule has 0 aromatic carbocycles. The van der Waals surface area contributed by atoms with Crippen molar-refractivity contribution in [3.63, 3.8) is 0 Å². The van der Waals surface area contributed by atoms with Crippen LogP contribution in [0.3, 0.4) is 0 Å². The monoisotopic (exact) mass is 246 g/mol. The van der Waals surface area contributed by atoms with Crippen molar-refractivity contribution >= 4 is 17.6 Å². The van der Waals surface area contributed by atoms with Crippen LogP contribution in [-0.2, 0) is 9.59 Å². The van der Waals surface area contributed by atoms with Crippen molar-refractivity contribution < 1.29 is 14.7 Å². The first-order valence-electron chi connectivity index (χ1n) is 5.77. The summed E-state index contributed by atoms with van der Waals surface area (Å²) >= 11 is 0. The van der Waals surface area contributed by atoms with Crippen molar-refractivity contribution in [3.8, 4) is 0 Å². The van der Waals surface area contributed by atoms with E-state index in [2.05, 4.69) is 10.3 Å². The lowest BCUT2D eigenvalue weighted by atomic mass is 9.82. The number of nitrogens with zero attached hydrogens (tertiary/aromatic N) is 1. The summed E-state index contributed by atoms with van der Waals surface area (Å²) in [6, 6.07) is 3.43. The van der Waals surface area contributed by atoms with Crippen LogP contribution in [0.15, 0.2) is 36.7 Å². The molecule has 2 atom stereocenters. The van der Waals surface area contributed by atoms with E-state index >= 15 is 0 Å². The molecule has 0 aliphatic heterocycles. The van der Waals surface area contributed by atoms with Gasteiger partial charge in [0.1, 0.15) is 0 Å². The predicted molar refractivity (Wildman–Crippen MR) is 65.9 cm³/mol. The van der Waals surface area contributed by atoms with Gasteiger partial charge in [-0.15, -0.1) is 0 Å². The molecule has 0 saturated carbocycles. The van der Waals surface area contributed by atoms with E-state index in [9.17, 15) is 9.59 Å². The summed E-state index contributed by atoms with van der Waals surface area (Å²) in [7, 11) is 0. The number of aliphatic carboxylic acids is 1. The summed E-state index contributed by atoms with van der Waals surface area (Å²) in [4.78, 5) is 27.0. The van der Waals surface area contributed by atoms with Gasteiger partial charge >= 0.3 is 5.97 Å². The van der Waals surface area contributed by atoms with Crippen LogP contribution in [0, 0.1) is 11.8 Å². The third kappa shape index (κ3) is 2.74. The number of hydrogen-bond donors (Lipinski definition) is 2. The Kier molecular flexibility index (Phi) is 3.72. The van der Waals surface area contributed by atoms with Crippen LogP contribution in [0.1, 0.15) is 12.8 Å². The number of nitrogens with one attached hydrogen (secondary N) is 1. The fraction of sp³-hybridized carbons (Fsp3) is 0.308. The van der Waals surface area contributed by atoms with Crippen LogP contribution >= 0.6 is 0 Å². The Labute approximate surface area is 105 Å². The molecule has 5 heteroatoms. The summed E-state index contributed by atoms with van der Waals surface area (Å²) in [5.74, 6) is -2.36. The van der Waals surface area contributed by atoms with Crippen LogP contribution < -0.4 is 5.32 Å². The lowest BCUT2D eigenvalue weighted by Crippen LogP contribution is -2.34. The summed E-state index contributed by atoms with van der Waals surface area (Å²) in [6.45, 7) is 0. The van der Waals surface area contributed by atoms with Gasteiger partial charge in [-0.1, -0.05) is 12.2 Å². The molecule has 1 aliphatic rings. The van der Waals surface area contributed by atoms with Gasteiger partial charge in [0.15, 0.2) is 0 Å². The van der Waals surface area contributed by atoms with Crippen molar-refractivity contribution in [2.75, 3.05) is 5.32 Å². The van der Waals surface area contributed by atoms with E-state index in [1.54, 1.807) is 18.3 Å². The second-order valence-electron chi connectivity index (χ2n) is 4.22. The Morgan fingerprint density at radius 1 is 1.28 bits per heavy atom. The Morgan fingerprint density at radius 3 is 2.61 bits per heavy atom. The van der Waals surface area contributed by atoms with Gasteiger partial charge in [-0.2, -0.15) is 0 Å². The highest BCUT2D eigenvalue weighted by Gasteiger charge is 2.33. The van der Waals surface area contributed by atoms with Gasteiger partial charge in [0.05, 0.1) is 23.7 Å². The van der Waals surface area contributed by atoms with Gasteiger partial charge in [-0.3, -0.25) is 14.6 Å². The minimum Gasteiger partial charge on any atom is -0.481 e. The average Bonchev–Trinajstić information content (AvgIpc) is 2.40. The predicted octanol–water partition coefficient (Wildman–Crippen LogP) is 1.69. The molecule has 1 amide bonds. The van der Waals surface area contributed by atoms with Crippen LogP contribution in [0.25, 0.3) is 0 Å². The Bertz CT molecular complexity index is 470. The van der Waals surface area contributed by atoms with Gasteiger partial charge in [-0.25, -0.2) is 0 Å². The first-order valence-corrected chi connectivity index (χ1v) is 5.77. The van der Waals surface area contributed by atoms with Crippen molar-refractivity contribution in [2.45, 2.75) is 12.8 Å². The number of anilines is 1. The standard InChI is InChI=1S/C13H14N2O3/c16-12(15-9-4-3-7-14-8-9)10-5-1-2-6-11(10)13(17)18/h1-4,7-8,10-11H,5-6H2,(H,15,16)(H,17,18)/t10-,11-/m0/s1. The van der Waals surface area contributed by atoms with Crippen molar-refractivity contribution in [1.82, 2.24) is 4.98 Å². The van der Waals surface area contributed by atoms with Crippen molar-refractivity contribution in [2.24, 2.45) is 11.8 Å². The quantitative estimate of drug-likeness (QED) is 0.795. The van der Waals surface area contributed by atoms with E-state index in [-0.39, 0.29) is 5.91 Å². The largest absolute Gasteiger partial charge is 0.481 e. The van der Waals surface area contributed by atoms with E-state index in [1.165, 1.54) is 6.20 Å². The molecule has 1 aliphatic carbocycles. The third-order valence-corrected chi connectivity index (χ3v) is 3.02. The topological polar surface area (TPSA) is 79.3 Å². The first kappa shape index (κ1) is 12.3. The van der Waals surface area contributed by atoms with Crippen LogP contribution in [-0.4, -0.2) is 22.0 Å². The van der Waals surface area contributed by atoms with E-state index in [4.69, 9.17) is 5.11 Å². The molecule has 1 aromatic heterocycles. The van der Waals surface area contributed by atoms with E-state index in [1.807, 2.05) is 12.2 Å². The van der Waals surface area contributed by atoms with E-state index < -0.39 is 17.8 Å². The maximum Gasteiger partial charge on any atom is 0.307 e. The number of carbonyl (C=O) groups excluding carboxylic acids is 1. The second kappa shape index (κ2) is 5.44. The summed E-state index contributed by atoms with van der Waals surface area (Å²) in [5, 5.41) is 11.8. The summed E-state index contributed by atoms with van der Waals surface area (Å²) in [6.07, 6.45) is 7.68. The molecule has 1 aromatic rings. The normalized spacial score (nSPS) is 22.4. The maximum absolute atomic E-state index is 12.0. The van der Waals surface area contributed by atoms with Gasteiger partial charge in [0.2, 0.25) is 5.91 Å². The zero-order valence-corrected chi connectivity index (χ0v) is 9.74. The average molecular weight is 246 g/mol. The number of pyridine rings is 1. The van der Waals surface area contributed by atoms with Crippen molar-refractivity contribution in [3.05, 3.63) is 36.7 Å². The minimum atomic E-state index is -0.925. The lowest BCUT2D eigenvalue weighted by Gasteiger charge is -2.24. The third-order valence-electron chi connectivity index (χ3n) is 3.02. The molecule has 2 rings (SSSR count). The fourth-order valence-electron chi connectivity index (χ4n) is 2.05. The highest BCUT2D eigenvalue weighted by atomic mass is 16.4. The Hall–Kier alpha value is -2.17. The number of hydrogen-bond acceptors (Lipinski definition) is 3. The fourth-order valence-corrected chi connectivity index (χ4v) is 2.05. The molecular formula is C13H14N2O3. The molecule has 0 bridgehead atoms. The number of allylic oxidation sites excluding steroid dienone is 2. The van der Waals surface area contributed by atoms with Gasteiger partial charge in [-0.05, 0) is 25.0 Å². The Morgan fingerprint density at radius 2 is 2.00 bits per heavy atom. The van der Waals surface area contributed by atoms with Crippen LogP contribution in [0.2, 0.25) is 0 Å². The number of carboxylic acids is 1. The Balaban J connectivity index is 2.08. The molecule has 1 heterocycles. The zero-order chi connectivity index (χ0) is 13.0. The minimum absolute atomic E-state index is 0.264. The molecule has 0 unspecified atom stereocenters. The molecule has 0 saturated heterocycles. The number of amides is 1. The second-order valence-corrected chi connectivity index (χ2v) is 4.22. The lowest BCUT2D eigenvalue weighted by molar-refractivity contribution is -0.146. The highest BCUT2D eigenvalue weighted by Crippen LogP contribution is 2.27. The molecule has 0 spiro atoms. The number of rotatable bonds is 3. The van der Waals surface area contributed by atoms with Crippen LogP contribution in [0.5, 0.6) is 0 Å². The summed E-state index contributed by atoms with van der Waals surface area (Å²) < 4.78 is 0. The van der Waals surface area contributed by atoms with Gasteiger partial charge in [0, 0.05) is 6.20 Å². The van der Waals surface area contributed by atoms with Gasteiger partial charge < -0.3 is 10.4 Å². The molecule has 94 valence electrons. The smallest absolute Gasteiger partial charge is 0.307 e. The molecular weight excluding hydrogens is 232 g/mol. The highest BCUT2D eigenvalue weighted by molar-refractivity contribution is 5.95.